The van der Waals surface area contributed by atoms with Crippen LogP contribution in [0.4, 0.5) is 5.82 Å². The number of benzene rings is 1. The Morgan fingerprint density at radius 1 is 1.24 bits per heavy atom. The molecule has 0 bridgehead atoms. The number of aromatic nitrogens is 2. The summed E-state index contributed by atoms with van der Waals surface area (Å²) in [6.45, 7) is 0.574. The summed E-state index contributed by atoms with van der Waals surface area (Å²) < 4.78 is 0. The second-order valence-corrected chi connectivity index (χ2v) is 3.82. The third-order valence-corrected chi connectivity index (χ3v) is 2.47. The molecule has 1 aromatic carbocycles. The minimum absolute atomic E-state index is 0.481. The van der Waals surface area contributed by atoms with Gasteiger partial charge in [-0.15, -0.1) is 5.10 Å². The van der Waals surface area contributed by atoms with E-state index in [1.54, 1.807) is 6.07 Å². The van der Waals surface area contributed by atoms with E-state index in [1.165, 1.54) is 6.20 Å². The van der Waals surface area contributed by atoms with Crippen LogP contribution in [0.5, 0.6) is 0 Å². The van der Waals surface area contributed by atoms with Gasteiger partial charge in [0.25, 0.3) is 0 Å². The standard InChI is InChI=1S/C12H9ClN4/c13-11-3-1-9(2-4-11)8-15-12-10(7-14)5-6-16-17-12/h1-6H,8H2,(H,15,17). The minimum atomic E-state index is 0.481. The van der Waals surface area contributed by atoms with E-state index in [0.29, 0.717) is 22.9 Å². The lowest BCUT2D eigenvalue weighted by Crippen LogP contribution is -2.04. The lowest BCUT2D eigenvalue weighted by Gasteiger charge is -2.05. The molecule has 84 valence electrons. The van der Waals surface area contributed by atoms with Gasteiger partial charge in [-0.2, -0.15) is 10.4 Å². The number of nitrogens with one attached hydrogen (secondary N) is 1. The largest absolute Gasteiger partial charge is 0.363 e. The predicted molar refractivity (Wildman–Crippen MR) is 65.5 cm³/mol. The van der Waals surface area contributed by atoms with Gasteiger partial charge in [-0.05, 0) is 23.8 Å². The second kappa shape index (κ2) is 5.28. The molecule has 2 aromatic rings. The average Bonchev–Trinajstić information content (AvgIpc) is 2.38. The van der Waals surface area contributed by atoms with Crippen molar-refractivity contribution in [2.45, 2.75) is 6.54 Å². The molecule has 0 radical (unpaired) electrons. The quantitative estimate of drug-likeness (QED) is 0.902. The molecular formula is C12H9ClN4. The number of nitriles is 1. The maximum Gasteiger partial charge on any atom is 0.166 e. The molecule has 0 saturated carbocycles. The SMILES string of the molecule is N#Cc1ccnnc1NCc1ccc(Cl)cc1. The molecule has 0 atom stereocenters. The van der Waals surface area contributed by atoms with Gasteiger partial charge in [-0.25, -0.2) is 0 Å². The summed E-state index contributed by atoms with van der Waals surface area (Å²) in [5, 5.41) is 20.2. The Labute approximate surface area is 104 Å². The van der Waals surface area contributed by atoms with Gasteiger partial charge < -0.3 is 5.32 Å². The van der Waals surface area contributed by atoms with Gasteiger partial charge in [-0.3, -0.25) is 0 Å². The normalized spacial score (nSPS) is 9.65. The lowest BCUT2D eigenvalue weighted by molar-refractivity contribution is 0.994. The molecule has 0 saturated heterocycles. The van der Waals surface area contributed by atoms with Crippen molar-refractivity contribution in [2.75, 3.05) is 5.32 Å². The van der Waals surface area contributed by atoms with Crippen molar-refractivity contribution in [2.24, 2.45) is 0 Å². The van der Waals surface area contributed by atoms with Crippen LogP contribution in [-0.2, 0) is 6.54 Å². The first-order chi connectivity index (χ1) is 8.29. The molecule has 5 heteroatoms. The van der Waals surface area contributed by atoms with Crippen LogP contribution in [0.1, 0.15) is 11.1 Å². The van der Waals surface area contributed by atoms with E-state index in [2.05, 4.69) is 21.6 Å². The molecule has 1 aromatic heterocycles. The third-order valence-electron chi connectivity index (χ3n) is 2.21. The van der Waals surface area contributed by atoms with Gasteiger partial charge in [-0.1, -0.05) is 23.7 Å². The van der Waals surface area contributed by atoms with E-state index in [9.17, 15) is 0 Å². The predicted octanol–water partition coefficient (Wildman–Crippen LogP) is 2.61. The molecule has 2 rings (SSSR count). The number of nitrogens with zero attached hydrogens (tertiary/aromatic N) is 3. The van der Waals surface area contributed by atoms with E-state index in [-0.39, 0.29) is 0 Å². The maximum atomic E-state index is 8.88. The van der Waals surface area contributed by atoms with Crippen LogP contribution in [0.3, 0.4) is 0 Å². The van der Waals surface area contributed by atoms with Gasteiger partial charge in [0.15, 0.2) is 5.82 Å². The van der Waals surface area contributed by atoms with Gasteiger partial charge in [0.2, 0.25) is 0 Å². The Morgan fingerprint density at radius 3 is 2.71 bits per heavy atom. The number of halogens is 1. The lowest BCUT2D eigenvalue weighted by atomic mass is 10.2. The Balaban J connectivity index is 2.08. The van der Waals surface area contributed by atoms with E-state index in [4.69, 9.17) is 16.9 Å². The highest BCUT2D eigenvalue weighted by atomic mass is 35.5. The Morgan fingerprint density at radius 2 is 2.00 bits per heavy atom. The van der Waals surface area contributed by atoms with Gasteiger partial charge in [0.05, 0.1) is 11.8 Å². The topological polar surface area (TPSA) is 61.6 Å². The summed E-state index contributed by atoms with van der Waals surface area (Å²) in [5.74, 6) is 0.491. The van der Waals surface area contributed by atoms with Gasteiger partial charge in [0, 0.05) is 11.6 Å². The Hall–Kier alpha value is -2.12. The van der Waals surface area contributed by atoms with Crippen LogP contribution in [0.15, 0.2) is 36.5 Å². The molecule has 1 N–H and O–H groups in total. The van der Waals surface area contributed by atoms with E-state index >= 15 is 0 Å². The van der Waals surface area contributed by atoms with Crippen molar-refractivity contribution < 1.29 is 0 Å². The number of anilines is 1. The smallest absolute Gasteiger partial charge is 0.166 e. The van der Waals surface area contributed by atoms with E-state index < -0.39 is 0 Å². The van der Waals surface area contributed by atoms with Crippen LogP contribution >= 0.6 is 11.6 Å². The number of hydrogen-bond acceptors (Lipinski definition) is 4. The summed E-state index contributed by atoms with van der Waals surface area (Å²) in [5.41, 5.74) is 1.54. The molecule has 0 spiro atoms. The van der Waals surface area contributed by atoms with Crippen molar-refractivity contribution in [1.29, 1.82) is 5.26 Å². The molecule has 1 heterocycles. The third kappa shape index (κ3) is 2.92. The van der Waals surface area contributed by atoms with Crippen LogP contribution in [0, 0.1) is 11.3 Å². The summed E-state index contributed by atoms with van der Waals surface area (Å²) in [6, 6.07) is 11.1. The summed E-state index contributed by atoms with van der Waals surface area (Å²) in [7, 11) is 0. The number of rotatable bonds is 3. The first kappa shape index (κ1) is 11.4. The average molecular weight is 245 g/mol. The van der Waals surface area contributed by atoms with E-state index in [0.717, 1.165) is 5.56 Å². The van der Waals surface area contributed by atoms with Crippen LogP contribution in [0.2, 0.25) is 5.02 Å². The van der Waals surface area contributed by atoms with E-state index in [1.807, 2.05) is 24.3 Å². The van der Waals surface area contributed by atoms with Gasteiger partial charge in [0.1, 0.15) is 6.07 Å². The Bertz CT molecular complexity index is 545. The fourth-order valence-electron chi connectivity index (χ4n) is 1.34. The number of hydrogen-bond donors (Lipinski definition) is 1. The Kier molecular flexibility index (Phi) is 3.53. The zero-order valence-corrected chi connectivity index (χ0v) is 9.65. The summed E-state index contributed by atoms with van der Waals surface area (Å²) >= 11 is 5.79. The highest BCUT2D eigenvalue weighted by molar-refractivity contribution is 6.30. The summed E-state index contributed by atoms with van der Waals surface area (Å²) in [4.78, 5) is 0. The first-order valence-corrected chi connectivity index (χ1v) is 5.37. The molecule has 0 fully saturated rings. The zero-order chi connectivity index (χ0) is 12.1. The molecule has 17 heavy (non-hydrogen) atoms. The second-order valence-electron chi connectivity index (χ2n) is 3.39. The molecule has 0 aliphatic heterocycles. The molecule has 4 nitrogen and oxygen atoms in total. The van der Waals surface area contributed by atoms with Crippen molar-refractivity contribution in [3.05, 3.63) is 52.7 Å². The van der Waals surface area contributed by atoms with Gasteiger partial charge >= 0.3 is 0 Å². The highest BCUT2D eigenvalue weighted by Gasteiger charge is 2.02. The first-order valence-electron chi connectivity index (χ1n) is 4.99. The fraction of sp³-hybridized carbons (Fsp3) is 0.0833. The molecule has 0 amide bonds. The molecule has 0 aliphatic carbocycles. The van der Waals surface area contributed by atoms with Crippen molar-refractivity contribution in [3.63, 3.8) is 0 Å². The highest BCUT2D eigenvalue weighted by Crippen LogP contribution is 2.12. The van der Waals surface area contributed by atoms with Crippen LogP contribution < -0.4 is 5.32 Å². The minimum Gasteiger partial charge on any atom is -0.363 e. The van der Waals surface area contributed by atoms with Crippen molar-refractivity contribution in [1.82, 2.24) is 10.2 Å². The van der Waals surface area contributed by atoms with Crippen molar-refractivity contribution in [3.8, 4) is 6.07 Å². The maximum absolute atomic E-state index is 8.88. The molecule has 0 unspecified atom stereocenters. The van der Waals surface area contributed by atoms with Crippen molar-refractivity contribution >= 4 is 17.4 Å². The fourth-order valence-corrected chi connectivity index (χ4v) is 1.47. The summed E-state index contributed by atoms with van der Waals surface area (Å²) in [6.07, 6.45) is 1.49. The van der Waals surface area contributed by atoms with Crippen LogP contribution in [0.25, 0.3) is 0 Å². The molecule has 0 aliphatic rings. The zero-order valence-electron chi connectivity index (χ0n) is 8.89. The van der Waals surface area contributed by atoms with Crippen LogP contribution in [-0.4, -0.2) is 10.2 Å². The monoisotopic (exact) mass is 244 g/mol. The molecular weight excluding hydrogens is 236 g/mol.